The van der Waals surface area contributed by atoms with E-state index in [9.17, 15) is 14.4 Å². The molecule has 0 aromatic carbocycles. The Balaban J connectivity index is 4.33. The van der Waals surface area contributed by atoms with Crippen molar-refractivity contribution in [2.75, 3.05) is 13.2 Å². The summed E-state index contributed by atoms with van der Waals surface area (Å²) in [6, 6.07) is 0. The number of hydrogen-bond acceptors (Lipinski definition) is 6. The Labute approximate surface area is 377 Å². The maximum atomic E-state index is 12.8. The van der Waals surface area contributed by atoms with Crippen LogP contribution in [0.3, 0.4) is 0 Å². The molecule has 0 bridgehead atoms. The summed E-state index contributed by atoms with van der Waals surface area (Å²) in [6.45, 7) is 6.42. The van der Waals surface area contributed by atoms with E-state index >= 15 is 0 Å². The van der Waals surface area contributed by atoms with Gasteiger partial charge in [-0.2, -0.15) is 0 Å². The van der Waals surface area contributed by atoms with Gasteiger partial charge in [0.05, 0.1) is 0 Å². The fraction of sp³-hybridized carbons (Fsp3) is 0.764. The van der Waals surface area contributed by atoms with E-state index in [2.05, 4.69) is 81.5 Å². The van der Waals surface area contributed by atoms with Crippen LogP contribution in [0.5, 0.6) is 0 Å². The van der Waals surface area contributed by atoms with Gasteiger partial charge in [-0.05, 0) is 57.8 Å². The summed E-state index contributed by atoms with van der Waals surface area (Å²) in [6.07, 6.45) is 60.7. The second kappa shape index (κ2) is 49.8. The van der Waals surface area contributed by atoms with Gasteiger partial charge in [-0.1, -0.05) is 236 Å². The molecule has 0 fully saturated rings. The molecule has 0 amide bonds. The molecule has 0 heterocycles. The Bertz CT molecular complexity index is 1120. The summed E-state index contributed by atoms with van der Waals surface area (Å²) >= 11 is 0. The van der Waals surface area contributed by atoms with Crippen molar-refractivity contribution in [3.8, 4) is 0 Å². The molecule has 0 saturated carbocycles. The number of rotatable bonds is 46. The minimum atomic E-state index is -0.792. The maximum Gasteiger partial charge on any atom is 0.306 e. The lowest BCUT2D eigenvalue weighted by Crippen LogP contribution is -2.30. The molecule has 0 aliphatic carbocycles. The van der Waals surface area contributed by atoms with Gasteiger partial charge in [0.15, 0.2) is 6.10 Å². The van der Waals surface area contributed by atoms with Gasteiger partial charge in [-0.15, -0.1) is 0 Å². The fourth-order valence-corrected chi connectivity index (χ4v) is 7.18. The third-order valence-electron chi connectivity index (χ3n) is 11.1. The average molecular weight is 853 g/mol. The number of carbonyl (C=O) groups is 3. The zero-order chi connectivity index (χ0) is 44.4. The van der Waals surface area contributed by atoms with Crippen molar-refractivity contribution in [2.24, 2.45) is 0 Å². The molecule has 1 unspecified atom stereocenters. The van der Waals surface area contributed by atoms with Gasteiger partial charge in [-0.3, -0.25) is 14.4 Å². The highest BCUT2D eigenvalue weighted by molar-refractivity contribution is 5.71. The molecule has 6 heteroatoms. The quantitative estimate of drug-likeness (QED) is 0.0263. The molecule has 0 saturated heterocycles. The number of unbranched alkanes of at least 4 members (excludes halogenated alkanes) is 28. The Hall–Kier alpha value is -2.89. The predicted molar refractivity (Wildman–Crippen MR) is 261 cm³/mol. The van der Waals surface area contributed by atoms with Crippen molar-refractivity contribution in [3.63, 3.8) is 0 Å². The molecule has 0 aromatic rings. The third-order valence-corrected chi connectivity index (χ3v) is 11.1. The van der Waals surface area contributed by atoms with E-state index in [1.807, 2.05) is 0 Å². The van der Waals surface area contributed by atoms with Crippen LogP contribution in [0.1, 0.15) is 252 Å². The number of allylic oxidation sites excluding steroid dienone is 10. The maximum absolute atomic E-state index is 12.8. The van der Waals surface area contributed by atoms with Crippen molar-refractivity contribution in [1.82, 2.24) is 0 Å². The topological polar surface area (TPSA) is 78.9 Å². The highest BCUT2D eigenvalue weighted by atomic mass is 16.6. The molecule has 61 heavy (non-hydrogen) atoms. The summed E-state index contributed by atoms with van der Waals surface area (Å²) in [7, 11) is 0. The van der Waals surface area contributed by atoms with E-state index in [1.165, 1.54) is 116 Å². The summed E-state index contributed by atoms with van der Waals surface area (Å²) in [5, 5.41) is 0. The smallest absolute Gasteiger partial charge is 0.306 e. The van der Waals surface area contributed by atoms with Gasteiger partial charge >= 0.3 is 17.9 Å². The van der Waals surface area contributed by atoms with E-state index in [-0.39, 0.29) is 31.1 Å². The van der Waals surface area contributed by atoms with Crippen LogP contribution >= 0.6 is 0 Å². The van der Waals surface area contributed by atoms with Gasteiger partial charge in [0.1, 0.15) is 13.2 Å². The Kier molecular flexibility index (Phi) is 47.4. The zero-order valence-corrected chi connectivity index (χ0v) is 40.2. The van der Waals surface area contributed by atoms with Crippen LogP contribution < -0.4 is 0 Å². The van der Waals surface area contributed by atoms with E-state index in [0.717, 1.165) is 96.3 Å². The van der Waals surface area contributed by atoms with Crippen molar-refractivity contribution < 1.29 is 28.6 Å². The van der Waals surface area contributed by atoms with Crippen molar-refractivity contribution in [2.45, 2.75) is 258 Å². The highest BCUT2D eigenvalue weighted by Crippen LogP contribution is 2.16. The standard InChI is InChI=1S/C55H96O6/c1-4-7-10-13-16-19-22-24-25-26-27-28-29-31-33-36-39-42-45-48-54(57)60-51-52(50-59-53(56)47-44-41-38-35-32-21-18-15-12-9-6-3)61-55(58)49-46-43-40-37-34-30-23-20-17-14-11-8-5-2/h8,11,14-15,17-18,20-21,23,32,52H,4-7,9-10,12-13,16,19,22,24-31,33-51H2,1-3H3/b11-8-,17-14-,18-15-,23-20-,32-21-. The highest BCUT2D eigenvalue weighted by Gasteiger charge is 2.19. The van der Waals surface area contributed by atoms with Crippen LogP contribution in [0.4, 0.5) is 0 Å². The van der Waals surface area contributed by atoms with Crippen LogP contribution in [0.15, 0.2) is 60.8 Å². The molecular weight excluding hydrogens is 757 g/mol. The van der Waals surface area contributed by atoms with Crippen LogP contribution in [-0.4, -0.2) is 37.2 Å². The van der Waals surface area contributed by atoms with E-state index in [1.54, 1.807) is 0 Å². The van der Waals surface area contributed by atoms with E-state index < -0.39 is 6.10 Å². The molecule has 0 aromatic heterocycles. The normalized spacial score (nSPS) is 12.5. The first-order valence-electron chi connectivity index (χ1n) is 25.8. The summed E-state index contributed by atoms with van der Waals surface area (Å²) in [5.74, 6) is -0.935. The van der Waals surface area contributed by atoms with Crippen LogP contribution in [0.25, 0.3) is 0 Å². The Morgan fingerprint density at radius 2 is 0.656 bits per heavy atom. The monoisotopic (exact) mass is 853 g/mol. The number of ether oxygens (including phenoxy) is 3. The van der Waals surface area contributed by atoms with Crippen LogP contribution in [0, 0.1) is 0 Å². The summed E-state index contributed by atoms with van der Waals surface area (Å²) < 4.78 is 16.7. The molecule has 0 rings (SSSR count). The number of carbonyl (C=O) groups excluding carboxylic acids is 3. The molecule has 352 valence electrons. The third kappa shape index (κ3) is 48.0. The molecule has 0 aliphatic heterocycles. The minimum absolute atomic E-state index is 0.0895. The lowest BCUT2D eigenvalue weighted by Gasteiger charge is -2.18. The largest absolute Gasteiger partial charge is 0.462 e. The van der Waals surface area contributed by atoms with Gasteiger partial charge in [0.25, 0.3) is 0 Å². The van der Waals surface area contributed by atoms with Crippen molar-refractivity contribution in [3.05, 3.63) is 60.8 Å². The first kappa shape index (κ1) is 58.1. The second-order valence-corrected chi connectivity index (χ2v) is 17.1. The minimum Gasteiger partial charge on any atom is -0.462 e. The fourth-order valence-electron chi connectivity index (χ4n) is 7.18. The lowest BCUT2D eigenvalue weighted by molar-refractivity contribution is -0.167. The van der Waals surface area contributed by atoms with Crippen molar-refractivity contribution in [1.29, 1.82) is 0 Å². The lowest BCUT2D eigenvalue weighted by atomic mass is 10.0. The molecule has 0 N–H and O–H groups in total. The Morgan fingerprint density at radius 3 is 1.07 bits per heavy atom. The van der Waals surface area contributed by atoms with Gasteiger partial charge in [-0.25, -0.2) is 0 Å². The molecular formula is C55H96O6. The summed E-state index contributed by atoms with van der Waals surface area (Å²) in [5.41, 5.74) is 0. The SMILES string of the molecule is CC\C=C/C=C\C=C/CCCCCCCC(=O)OC(COC(=O)CCCCC/C=C\C=C/CCCC)COC(=O)CCCCCCCCCCCCCCCCCCCCC. The predicted octanol–water partition coefficient (Wildman–Crippen LogP) is 16.9. The second-order valence-electron chi connectivity index (χ2n) is 17.1. The number of hydrogen-bond donors (Lipinski definition) is 0. The number of esters is 3. The molecule has 6 nitrogen and oxygen atoms in total. The first-order chi connectivity index (χ1) is 30.0. The summed E-state index contributed by atoms with van der Waals surface area (Å²) in [4.78, 5) is 37.9. The van der Waals surface area contributed by atoms with Gasteiger partial charge in [0.2, 0.25) is 0 Å². The molecule has 0 radical (unpaired) electrons. The Morgan fingerprint density at radius 1 is 0.344 bits per heavy atom. The average Bonchev–Trinajstić information content (AvgIpc) is 3.26. The van der Waals surface area contributed by atoms with Crippen molar-refractivity contribution >= 4 is 17.9 Å². The molecule has 0 spiro atoms. The zero-order valence-electron chi connectivity index (χ0n) is 40.2. The van der Waals surface area contributed by atoms with Crippen LogP contribution in [-0.2, 0) is 28.6 Å². The van der Waals surface area contributed by atoms with E-state index in [0.29, 0.717) is 19.3 Å². The van der Waals surface area contributed by atoms with Gasteiger partial charge in [0, 0.05) is 19.3 Å². The first-order valence-corrected chi connectivity index (χ1v) is 25.8. The van der Waals surface area contributed by atoms with Crippen LogP contribution in [0.2, 0.25) is 0 Å². The molecule has 0 aliphatic rings. The van der Waals surface area contributed by atoms with E-state index in [4.69, 9.17) is 14.2 Å². The van der Waals surface area contributed by atoms with Gasteiger partial charge < -0.3 is 14.2 Å². The molecule has 1 atom stereocenters.